The SMILES string of the molecule is COc1ccc(CCOc2cccc(-c3cccc(NC(=O)COCc4ccccc4)c3)n2)cc1OC. The lowest BCUT2D eigenvalue weighted by molar-refractivity contribution is -0.121. The van der Waals surface area contributed by atoms with Crippen molar-refractivity contribution in [2.45, 2.75) is 13.0 Å². The molecule has 0 bridgehead atoms. The number of ether oxygens (including phenoxy) is 4. The summed E-state index contributed by atoms with van der Waals surface area (Å²) in [5.74, 6) is 1.70. The topological polar surface area (TPSA) is 78.9 Å². The van der Waals surface area contributed by atoms with Crippen LogP contribution in [0.2, 0.25) is 0 Å². The summed E-state index contributed by atoms with van der Waals surface area (Å²) >= 11 is 0. The molecule has 0 aliphatic rings. The standard InChI is InChI=1S/C30H30N2O5/c1-34-27-15-14-22(18-28(27)35-2)16-17-37-30-13-7-12-26(32-30)24-10-6-11-25(19-24)31-29(33)21-36-20-23-8-4-3-5-9-23/h3-15,18-19H,16-17,20-21H2,1-2H3,(H,31,33). The number of aromatic nitrogens is 1. The van der Waals surface area contributed by atoms with E-state index in [0.717, 1.165) is 22.4 Å². The van der Waals surface area contributed by atoms with Crippen molar-refractivity contribution >= 4 is 11.6 Å². The Bertz CT molecular complexity index is 1310. The van der Waals surface area contributed by atoms with Gasteiger partial charge in [-0.15, -0.1) is 0 Å². The Hall–Kier alpha value is -4.36. The van der Waals surface area contributed by atoms with Gasteiger partial charge < -0.3 is 24.3 Å². The van der Waals surface area contributed by atoms with Gasteiger partial charge in [-0.1, -0.05) is 54.6 Å². The summed E-state index contributed by atoms with van der Waals surface area (Å²) < 4.78 is 22.1. The Morgan fingerprint density at radius 2 is 1.62 bits per heavy atom. The van der Waals surface area contributed by atoms with Gasteiger partial charge in [0.15, 0.2) is 11.5 Å². The Kier molecular flexibility index (Phi) is 9.10. The van der Waals surface area contributed by atoms with Gasteiger partial charge in [0.25, 0.3) is 0 Å². The number of carbonyl (C=O) groups excluding carboxylic acids is 1. The highest BCUT2D eigenvalue weighted by Crippen LogP contribution is 2.28. The van der Waals surface area contributed by atoms with Gasteiger partial charge in [-0.2, -0.15) is 0 Å². The van der Waals surface area contributed by atoms with Crippen LogP contribution in [0.1, 0.15) is 11.1 Å². The molecule has 1 amide bonds. The Morgan fingerprint density at radius 3 is 2.43 bits per heavy atom. The van der Waals surface area contributed by atoms with Crippen LogP contribution in [0.5, 0.6) is 17.4 Å². The third-order valence-electron chi connectivity index (χ3n) is 5.60. The van der Waals surface area contributed by atoms with Crippen LogP contribution in [0.4, 0.5) is 5.69 Å². The minimum atomic E-state index is -0.215. The summed E-state index contributed by atoms with van der Waals surface area (Å²) in [6.07, 6.45) is 0.695. The maximum absolute atomic E-state index is 12.3. The van der Waals surface area contributed by atoms with Crippen molar-refractivity contribution in [3.63, 3.8) is 0 Å². The third kappa shape index (κ3) is 7.56. The molecule has 0 fully saturated rings. The van der Waals surface area contributed by atoms with Crippen LogP contribution in [-0.4, -0.2) is 38.3 Å². The van der Waals surface area contributed by atoms with Gasteiger partial charge in [0.05, 0.1) is 33.1 Å². The van der Waals surface area contributed by atoms with Gasteiger partial charge in [-0.3, -0.25) is 4.79 Å². The molecule has 37 heavy (non-hydrogen) atoms. The first kappa shape index (κ1) is 25.7. The number of rotatable bonds is 12. The number of pyridine rings is 1. The molecular formula is C30H30N2O5. The second-order valence-corrected chi connectivity index (χ2v) is 8.26. The van der Waals surface area contributed by atoms with E-state index in [4.69, 9.17) is 18.9 Å². The van der Waals surface area contributed by atoms with Crippen molar-refractivity contribution in [2.75, 3.05) is 32.8 Å². The molecule has 3 aromatic carbocycles. The molecule has 0 aliphatic heterocycles. The molecule has 4 aromatic rings. The van der Waals surface area contributed by atoms with E-state index in [0.29, 0.717) is 42.7 Å². The van der Waals surface area contributed by atoms with E-state index in [2.05, 4.69) is 10.3 Å². The van der Waals surface area contributed by atoms with E-state index in [-0.39, 0.29) is 12.5 Å². The summed E-state index contributed by atoms with van der Waals surface area (Å²) in [6.45, 7) is 0.822. The normalized spacial score (nSPS) is 10.5. The molecule has 7 nitrogen and oxygen atoms in total. The molecule has 190 valence electrons. The molecule has 7 heteroatoms. The molecule has 0 spiro atoms. The van der Waals surface area contributed by atoms with Crippen molar-refractivity contribution in [3.8, 4) is 28.6 Å². The molecule has 4 rings (SSSR count). The average molecular weight is 499 g/mol. The summed E-state index contributed by atoms with van der Waals surface area (Å²) in [6, 6.07) is 28.7. The van der Waals surface area contributed by atoms with Crippen LogP contribution in [0.3, 0.4) is 0 Å². The third-order valence-corrected chi connectivity index (χ3v) is 5.60. The number of nitrogens with zero attached hydrogens (tertiary/aromatic N) is 1. The minimum absolute atomic E-state index is 0.0270. The lowest BCUT2D eigenvalue weighted by Gasteiger charge is -2.11. The predicted molar refractivity (Wildman–Crippen MR) is 143 cm³/mol. The molecule has 0 atom stereocenters. The van der Waals surface area contributed by atoms with Crippen molar-refractivity contribution < 1.29 is 23.7 Å². The van der Waals surface area contributed by atoms with E-state index in [1.807, 2.05) is 91.0 Å². The number of hydrogen-bond acceptors (Lipinski definition) is 6. The van der Waals surface area contributed by atoms with Crippen LogP contribution >= 0.6 is 0 Å². The zero-order valence-corrected chi connectivity index (χ0v) is 21.0. The fourth-order valence-corrected chi connectivity index (χ4v) is 3.75. The number of hydrogen-bond donors (Lipinski definition) is 1. The summed E-state index contributed by atoms with van der Waals surface area (Å²) in [7, 11) is 3.23. The second kappa shape index (κ2) is 13.1. The van der Waals surface area contributed by atoms with Gasteiger partial charge >= 0.3 is 0 Å². The maximum Gasteiger partial charge on any atom is 0.250 e. The van der Waals surface area contributed by atoms with Crippen LogP contribution < -0.4 is 19.5 Å². The van der Waals surface area contributed by atoms with Crippen molar-refractivity contribution in [1.29, 1.82) is 0 Å². The Labute approximate surface area is 217 Å². The molecule has 0 unspecified atom stereocenters. The van der Waals surface area contributed by atoms with Crippen molar-refractivity contribution in [3.05, 3.63) is 102 Å². The van der Waals surface area contributed by atoms with E-state index in [1.54, 1.807) is 14.2 Å². The first-order valence-corrected chi connectivity index (χ1v) is 12.0. The molecule has 1 N–H and O–H groups in total. The summed E-state index contributed by atoms with van der Waals surface area (Å²) in [5.41, 5.74) is 4.39. The first-order chi connectivity index (χ1) is 18.1. The Morgan fingerprint density at radius 1 is 0.811 bits per heavy atom. The molecule has 1 heterocycles. The second-order valence-electron chi connectivity index (χ2n) is 8.26. The van der Waals surface area contributed by atoms with Crippen LogP contribution in [0, 0.1) is 0 Å². The summed E-state index contributed by atoms with van der Waals surface area (Å²) in [4.78, 5) is 17.0. The van der Waals surface area contributed by atoms with Crippen molar-refractivity contribution in [1.82, 2.24) is 4.98 Å². The van der Waals surface area contributed by atoms with Gasteiger partial charge in [0.2, 0.25) is 11.8 Å². The number of anilines is 1. The fraction of sp³-hybridized carbons (Fsp3) is 0.200. The van der Waals surface area contributed by atoms with Gasteiger partial charge in [-0.05, 0) is 41.5 Å². The van der Waals surface area contributed by atoms with E-state index >= 15 is 0 Å². The largest absolute Gasteiger partial charge is 0.493 e. The number of nitrogens with one attached hydrogen (secondary N) is 1. The monoisotopic (exact) mass is 498 g/mol. The average Bonchev–Trinajstić information content (AvgIpc) is 2.94. The number of benzene rings is 3. The van der Waals surface area contributed by atoms with Gasteiger partial charge in [0.1, 0.15) is 6.61 Å². The Balaban J connectivity index is 1.31. The number of amides is 1. The summed E-state index contributed by atoms with van der Waals surface area (Å²) in [5, 5.41) is 2.88. The van der Waals surface area contributed by atoms with Crippen molar-refractivity contribution in [2.24, 2.45) is 0 Å². The highest BCUT2D eigenvalue weighted by atomic mass is 16.5. The molecular weight excluding hydrogens is 468 g/mol. The molecule has 0 saturated carbocycles. The fourth-order valence-electron chi connectivity index (χ4n) is 3.75. The molecule has 0 aliphatic carbocycles. The zero-order valence-electron chi connectivity index (χ0n) is 21.0. The van der Waals surface area contributed by atoms with Crippen LogP contribution in [0.15, 0.2) is 91.0 Å². The minimum Gasteiger partial charge on any atom is -0.493 e. The lowest BCUT2D eigenvalue weighted by atomic mass is 10.1. The highest BCUT2D eigenvalue weighted by molar-refractivity contribution is 5.92. The van der Waals surface area contributed by atoms with E-state index in [9.17, 15) is 4.79 Å². The number of methoxy groups -OCH3 is 2. The molecule has 1 aromatic heterocycles. The molecule has 0 radical (unpaired) electrons. The highest BCUT2D eigenvalue weighted by Gasteiger charge is 2.08. The van der Waals surface area contributed by atoms with Gasteiger partial charge in [0, 0.05) is 23.7 Å². The molecule has 0 saturated heterocycles. The number of carbonyl (C=O) groups is 1. The predicted octanol–water partition coefficient (Wildman–Crippen LogP) is 5.54. The van der Waals surface area contributed by atoms with E-state index in [1.165, 1.54) is 0 Å². The smallest absolute Gasteiger partial charge is 0.250 e. The van der Waals surface area contributed by atoms with Gasteiger partial charge in [-0.25, -0.2) is 4.98 Å². The van der Waals surface area contributed by atoms with E-state index < -0.39 is 0 Å². The first-order valence-electron chi connectivity index (χ1n) is 12.0. The van der Waals surface area contributed by atoms with Crippen LogP contribution in [-0.2, 0) is 22.6 Å². The van der Waals surface area contributed by atoms with Crippen LogP contribution in [0.25, 0.3) is 11.3 Å². The zero-order chi connectivity index (χ0) is 25.9. The maximum atomic E-state index is 12.3. The quantitative estimate of drug-likeness (QED) is 0.276. The lowest BCUT2D eigenvalue weighted by Crippen LogP contribution is -2.18.